The average molecular weight is 421 g/mol. The molecule has 0 saturated carbocycles. The van der Waals surface area contributed by atoms with E-state index in [-0.39, 0.29) is 23.5 Å². The van der Waals surface area contributed by atoms with Crippen molar-refractivity contribution in [2.45, 2.75) is 32.1 Å². The molecule has 2 aromatic rings. The number of hydrogen-bond acceptors (Lipinski definition) is 4. The molecule has 6 heteroatoms. The Labute approximate surface area is 182 Å². The average Bonchev–Trinajstić information content (AvgIpc) is 3.23. The van der Waals surface area contributed by atoms with E-state index in [1.54, 1.807) is 34.1 Å². The number of likely N-dealkylation sites (tertiary alicyclic amines) is 2. The lowest BCUT2D eigenvalue weighted by atomic mass is 9.90. The van der Waals surface area contributed by atoms with Crippen molar-refractivity contribution < 1.29 is 19.1 Å². The van der Waals surface area contributed by atoms with Crippen molar-refractivity contribution in [2.75, 3.05) is 26.2 Å². The second-order valence-corrected chi connectivity index (χ2v) is 8.22. The molecule has 2 aliphatic heterocycles. The first-order valence-corrected chi connectivity index (χ1v) is 11.0. The van der Waals surface area contributed by atoms with Gasteiger partial charge in [-0.2, -0.15) is 0 Å². The summed E-state index contributed by atoms with van der Waals surface area (Å²) in [6.07, 6.45) is 3.40. The van der Waals surface area contributed by atoms with E-state index in [1.165, 1.54) is 0 Å². The smallest absolute Gasteiger partial charge is 0.224 e. The van der Waals surface area contributed by atoms with E-state index in [2.05, 4.69) is 0 Å². The molecule has 2 saturated heterocycles. The summed E-state index contributed by atoms with van der Waals surface area (Å²) < 4.78 is 5.79. The summed E-state index contributed by atoms with van der Waals surface area (Å²) in [5.74, 6) is 1.48. The minimum atomic E-state index is -0.188. The Morgan fingerprint density at radius 1 is 0.935 bits per heavy atom. The van der Waals surface area contributed by atoms with Gasteiger partial charge in [0.15, 0.2) is 5.78 Å². The first-order valence-electron chi connectivity index (χ1n) is 11.0. The first-order chi connectivity index (χ1) is 15.1. The second-order valence-electron chi connectivity index (χ2n) is 8.22. The van der Waals surface area contributed by atoms with Gasteiger partial charge in [0.1, 0.15) is 11.5 Å². The van der Waals surface area contributed by atoms with Crippen LogP contribution in [0.3, 0.4) is 0 Å². The van der Waals surface area contributed by atoms with Gasteiger partial charge in [0.25, 0.3) is 0 Å². The van der Waals surface area contributed by atoms with Crippen LogP contribution in [0.4, 0.5) is 0 Å². The van der Waals surface area contributed by atoms with Crippen molar-refractivity contribution in [3.05, 3.63) is 60.2 Å². The second kappa shape index (κ2) is 9.77. The summed E-state index contributed by atoms with van der Waals surface area (Å²) in [6, 6.07) is 16.7. The molecule has 0 bridgehead atoms. The van der Waals surface area contributed by atoms with Crippen LogP contribution in [0.2, 0.25) is 0 Å². The Hall–Kier alpha value is -3.15. The van der Waals surface area contributed by atoms with Gasteiger partial charge < -0.3 is 14.5 Å². The monoisotopic (exact) mass is 420 g/mol. The zero-order chi connectivity index (χ0) is 21.6. The molecular formula is C25H28N2O4. The van der Waals surface area contributed by atoms with Gasteiger partial charge in [-0.15, -0.1) is 0 Å². The molecule has 2 aliphatic rings. The summed E-state index contributed by atoms with van der Waals surface area (Å²) in [4.78, 5) is 41.0. The summed E-state index contributed by atoms with van der Waals surface area (Å²) in [5, 5.41) is 0. The number of hydrogen-bond donors (Lipinski definition) is 0. The zero-order valence-corrected chi connectivity index (χ0v) is 17.7. The van der Waals surface area contributed by atoms with Gasteiger partial charge in [-0.1, -0.05) is 18.2 Å². The molecule has 2 amide bonds. The van der Waals surface area contributed by atoms with Crippen LogP contribution in [-0.4, -0.2) is 53.6 Å². The number of rotatable bonds is 7. The Morgan fingerprint density at radius 2 is 1.68 bits per heavy atom. The fraction of sp³-hybridized carbons (Fsp3) is 0.400. The highest BCUT2D eigenvalue weighted by atomic mass is 16.5. The molecule has 2 heterocycles. The SMILES string of the molecule is O=C(c1ccc(Oc2ccccc2)cc1)C1CCCN(C(=O)CCN2CCCC2=O)C1. The van der Waals surface area contributed by atoms with Crippen molar-refractivity contribution >= 4 is 17.6 Å². The molecule has 2 aromatic carbocycles. The number of ketones is 1. The first kappa shape index (κ1) is 21.1. The molecule has 0 radical (unpaired) electrons. The van der Waals surface area contributed by atoms with Gasteiger partial charge in [0, 0.05) is 50.5 Å². The third-order valence-electron chi connectivity index (χ3n) is 6.03. The molecular weight excluding hydrogens is 392 g/mol. The minimum Gasteiger partial charge on any atom is -0.457 e. The van der Waals surface area contributed by atoms with Gasteiger partial charge in [0.05, 0.1) is 0 Å². The fourth-order valence-electron chi connectivity index (χ4n) is 4.29. The van der Waals surface area contributed by atoms with E-state index in [0.717, 1.165) is 31.6 Å². The van der Waals surface area contributed by atoms with E-state index in [1.807, 2.05) is 30.3 Å². The highest BCUT2D eigenvalue weighted by Crippen LogP contribution is 2.25. The summed E-state index contributed by atoms with van der Waals surface area (Å²) in [6.45, 7) is 2.36. The highest BCUT2D eigenvalue weighted by Gasteiger charge is 2.29. The van der Waals surface area contributed by atoms with Crippen LogP contribution in [0.15, 0.2) is 54.6 Å². The number of carbonyl (C=O) groups is 3. The van der Waals surface area contributed by atoms with E-state index < -0.39 is 0 Å². The molecule has 1 atom stereocenters. The molecule has 31 heavy (non-hydrogen) atoms. The number of nitrogens with zero attached hydrogens (tertiary/aromatic N) is 2. The molecule has 0 spiro atoms. The normalized spacial score (nSPS) is 18.8. The summed E-state index contributed by atoms with van der Waals surface area (Å²) >= 11 is 0. The van der Waals surface area contributed by atoms with Crippen LogP contribution >= 0.6 is 0 Å². The van der Waals surface area contributed by atoms with E-state index in [4.69, 9.17) is 4.74 Å². The lowest BCUT2D eigenvalue weighted by Crippen LogP contribution is -2.43. The van der Waals surface area contributed by atoms with Crippen molar-refractivity contribution in [1.82, 2.24) is 9.80 Å². The van der Waals surface area contributed by atoms with Gasteiger partial charge in [-0.3, -0.25) is 14.4 Å². The molecule has 0 N–H and O–H groups in total. The Kier molecular flexibility index (Phi) is 6.65. The maximum atomic E-state index is 13.0. The van der Waals surface area contributed by atoms with Crippen LogP contribution in [0.5, 0.6) is 11.5 Å². The lowest BCUT2D eigenvalue weighted by molar-refractivity contribution is -0.134. The maximum absolute atomic E-state index is 13.0. The van der Waals surface area contributed by atoms with E-state index >= 15 is 0 Å². The van der Waals surface area contributed by atoms with Crippen LogP contribution in [-0.2, 0) is 9.59 Å². The third kappa shape index (κ3) is 5.32. The lowest BCUT2D eigenvalue weighted by Gasteiger charge is -2.32. The van der Waals surface area contributed by atoms with E-state index in [0.29, 0.717) is 43.8 Å². The number of ether oxygens (including phenoxy) is 1. The number of Topliss-reactive ketones (excluding diaryl/α,β-unsaturated/α-hetero) is 1. The van der Waals surface area contributed by atoms with Crippen molar-refractivity contribution in [3.8, 4) is 11.5 Å². The third-order valence-corrected chi connectivity index (χ3v) is 6.03. The van der Waals surface area contributed by atoms with Gasteiger partial charge in [0.2, 0.25) is 11.8 Å². The molecule has 2 fully saturated rings. The Bertz CT molecular complexity index is 926. The fourth-order valence-corrected chi connectivity index (χ4v) is 4.29. The maximum Gasteiger partial charge on any atom is 0.224 e. The van der Waals surface area contributed by atoms with Crippen LogP contribution in [0, 0.1) is 5.92 Å². The van der Waals surface area contributed by atoms with Gasteiger partial charge >= 0.3 is 0 Å². The van der Waals surface area contributed by atoms with E-state index in [9.17, 15) is 14.4 Å². The van der Waals surface area contributed by atoms with Crippen LogP contribution < -0.4 is 4.74 Å². The number of para-hydroxylation sites is 1. The molecule has 0 aliphatic carbocycles. The predicted octanol–water partition coefficient (Wildman–Crippen LogP) is 3.91. The number of benzene rings is 2. The van der Waals surface area contributed by atoms with Gasteiger partial charge in [-0.25, -0.2) is 0 Å². The predicted molar refractivity (Wildman–Crippen MR) is 117 cm³/mol. The topological polar surface area (TPSA) is 66.9 Å². The standard InChI is InChI=1S/C25H28N2O4/c28-23-9-5-15-26(23)17-14-24(29)27-16-4-6-20(18-27)25(30)19-10-12-22(13-11-19)31-21-7-2-1-3-8-21/h1-3,7-8,10-13,20H,4-6,9,14-18H2. The van der Waals surface area contributed by atoms with Crippen LogP contribution in [0.1, 0.15) is 42.5 Å². The zero-order valence-electron chi connectivity index (χ0n) is 17.7. The molecule has 1 unspecified atom stereocenters. The summed E-state index contributed by atoms with van der Waals surface area (Å²) in [7, 11) is 0. The number of carbonyl (C=O) groups excluding carboxylic acids is 3. The van der Waals surface area contributed by atoms with Gasteiger partial charge in [-0.05, 0) is 55.7 Å². The number of amides is 2. The van der Waals surface area contributed by atoms with Crippen molar-refractivity contribution in [3.63, 3.8) is 0 Å². The quantitative estimate of drug-likeness (QED) is 0.637. The largest absolute Gasteiger partial charge is 0.457 e. The Morgan fingerprint density at radius 3 is 2.39 bits per heavy atom. The highest BCUT2D eigenvalue weighted by molar-refractivity contribution is 5.98. The summed E-state index contributed by atoms with van der Waals surface area (Å²) in [5.41, 5.74) is 0.641. The molecule has 162 valence electrons. The molecule has 0 aromatic heterocycles. The van der Waals surface area contributed by atoms with Crippen LogP contribution in [0.25, 0.3) is 0 Å². The molecule has 4 rings (SSSR count). The van der Waals surface area contributed by atoms with Crippen molar-refractivity contribution in [1.29, 1.82) is 0 Å². The minimum absolute atomic E-state index is 0.0313. The van der Waals surface area contributed by atoms with Crippen molar-refractivity contribution in [2.24, 2.45) is 5.92 Å². The molecule has 6 nitrogen and oxygen atoms in total. The Balaban J connectivity index is 1.31. The number of piperidine rings is 1.